The third-order valence-electron chi connectivity index (χ3n) is 5.48. The Morgan fingerprint density at radius 2 is 1.96 bits per heavy atom. The minimum absolute atomic E-state index is 0.0825. The number of carbonyl (C=O) groups is 3. The van der Waals surface area contributed by atoms with E-state index in [4.69, 9.17) is 0 Å². The first-order valence-corrected chi connectivity index (χ1v) is 8.49. The molecule has 0 aliphatic carbocycles. The van der Waals surface area contributed by atoms with Gasteiger partial charge in [-0.1, -0.05) is 29.9 Å². The first-order valence-electron chi connectivity index (χ1n) is 8.49. The predicted molar refractivity (Wildman–Crippen MR) is 94.8 cm³/mol. The number of aryl methyl sites for hydroxylation is 1. The van der Waals surface area contributed by atoms with E-state index in [0.29, 0.717) is 0 Å². The molecule has 0 radical (unpaired) electrons. The van der Waals surface area contributed by atoms with Gasteiger partial charge >= 0.3 is 0 Å². The molecule has 0 saturated carbocycles. The van der Waals surface area contributed by atoms with Crippen molar-refractivity contribution in [2.24, 2.45) is 11.8 Å². The zero-order valence-electron chi connectivity index (χ0n) is 14.3. The second-order valence-corrected chi connectivity index (χ2v) is 7.00. The van der Waals surface area contributed by atoms with E-state index in [9.17, 15) is 14.4 Å². The maximum absolute atomic E-state index is 12.9. The Balaban J connectivity index is 1.85. The van der Waals surface area contributed by atoms with Gasteiger partial charge in [0, 0.05) is 12.2 Å². The number of benzene rings is 1. The Bertz CT molecular complexity index is 841. The van der Waals surface area contributed by atoms with Gasteiger partial charge in [-0.25, -0.2) is 0 Å². The van der Waals surface area contributed by atoms with Crippen LogP contribution >= 0.6 is 0 Å². The van der Waals surface area contributed by atoms with Crippen molar-refractivity contribution in [3.05, 3.63) is 48.1 Å². The number of carbonyl (C=O) groups excluding carboxylic acids is 3. The highest BCUT2D eigenvalue weighted by Gasteiger charge is 2.63. The summed E-state index contributed by atoms with van der Waals surface area (Å²) in [6, 6.07) is 5.16. The number of anilines is 1. The second-order valence-electron chi connectivity index (χ2n) is 7.00. The van der Waals surface area contributed by atoms with Crippen LogP contribution in [-0.2, 0) is 14.4 Å². The molecule has 2 saturated heterocycles. The normalized spacial score (nSPS) is 29.5. The van der Waals surface area contributed by atoms with E-state index in [-0.39, 0.29) is 30.2 Å². The quantitative estimate of drug-likeness (QED) is 0.625. The molecule has 1 aromatic rings. The van der Waals surface area contributed by atoms with Gasteiger partial charge in [0.25, 0.3) is 0 Å². The van der Waals surface area contributed by atoms with E-state index in [1.165, 1.54) is 11.8 Å². The standard InChI is InChI=1S/C20H20N2O3/c1-4-9-21-19(24)16-15-8-6-13-10-11(2)5-7-14(13)22(15)18(12(3)23)17(16)20(21)25/h4-8,10,15-18H,1,9H2,2-3H3/t15-,16+,17+,18-/m0/s1. The number of amides is 2. The summed E-state index contributed by atoms with van der Waals surface area (Å²) in [6.07, 6.45) is 5.51. The van der Waals surface area contributed by atoms with Crippen molar-refractivity contribution in [3.63, 3.8) is 0 Å². The Kier molecular flexibility index (Phi) is 3.42. The van der Waals surface area contributed by atoms with E-state index in [1.54, 1.807) is 6.08 Å². The summed E-state index contributed by atoms with van der Waals surface area (Å²) < 4.78 is 0. The van der Waals surface area contributed by atoms with Crippen molar-refractivity contribution in [1.29, 1.82) is 0 Å². The van der Waals surface area contributed by atoms with Crippen LogP contribution < -0.4 is 4.90 Å². The molecule has 5 nitrogen and oxygen atoms in total. The zero-order chi connectivity index (χ0) is 17.9. The van der Waals surface area contributed by atoms with Crippen molar-refractivity contribution in [2.45, 2.75) is 25.9 Å². The monoisotopic (exact) mass is 336 g/mol. The molecule has 3 heterocycles. The number of ketones is 1. The largest absolute Gasteiger partial charge is 0.353 e. The van der Waals surface area contributed by atoms with Crippen molar-refractivity contribution in [3.8, 4) is 0 Å². The molecule has 0 unspecified atom stereocenters. The van der Waals surface area contributed by atoms with Gasteiger partial charge in [0.1, 0.15) is 6.04 Å². The van der Waals surface area contributed by atoms with Crippen LogP contribution in [0.25, 0.3) is 6.08 Å². The van der Waals surface area contributed by atoms with Crippen LogP contribution in [0.15, 0.2) is 36.9 Å². The molecule has 5 heteroatoms. The predicted octanol–water partition coefficient (Wildman–Crippen LogP) is 1.96. The third-order valence-corrected chi connectivity index (χ3v) is 5.48. The van der Waals surface area contributed by atoms with E-state index >= 15 is 0 Å². The molecule has 2 amide bonds. The van der Waals surface area contributed by atoms with E-state index < -0.39 is 17.9 Å². The van der Waals surface area contributed by atoms with Crippen molar-refractivity contribution >= 4 is 29.4 Å². The van der Waals surface area contributed by atoms with Crippen LogP contribution in [0, 0.1) is 18.8 Å². The van der Waals surface area contributed by atoms with Gasteiger partial charge in [-0.15, -0.1) is 6.58 Å². The Morgan fingerprint density at radius 3 is 2.64 bits per heavy atom. The molecule has 3 aliphatic rings. The second kappa shape index (κ2) is 5.41. The fourth-order valence-electron chi connectivity index (χ4n) is 4.52. The van der Waals surface area contributed by atoms with E-state index in [1.807, 2.05) is 36.1 Å². The maximum atomic E-state index is 12.9. The van der Waals surface area contributed by atoms with Gasteiger partial charge in [0.2, 0.25) is 11.8 Å². The Morgan fingerprint density at radius 1 is 1.24 bits per heavy atom. The first-order chi connectivity index (χ1) is 12.0. The average Bonchev–Trinajstić information content (AvgIpc) is 3.04. The van der Waals surface area contributed by atoms with Gasteiger partial charge in [-0.3, -0.25) is 19.3 Å². The molecule has 0 spiro atoms. The minimum Gasteiger partial charge on any atom is -0.353 e. The highest BCUT2D eigenvalue weighted by molar-refractivity contribution is 6.11. The molecule has 0 bridgehead atoms. The average molecular weight is 336 g/mol. The summed E-state index contributed by atoms with van der Waals surface area (Å²) in [6.45, 7) is 7.34. The smallest absolute Gasteiger partial charge is 0.236 e. The molecular formula is C20H20N2O3. The summed E-state index contributed by atoms with van der Waals surface area (Å²) in [5.74, 6) is -1.67. The molecule has 3 aliphatic heterocycles. The molecule has 2 fully saturated rings. The molecule has 1 aromatic carbocycles. The van der Waals surface area contributed by atoms with Crippen LogP contribution in [-0.4, -0.2) is 41.1 Å². The number of likely N-dealkylation sites (tertiary alicyclic amines) is 1. The summed E-state index contributed by atoms with van der Waals surface area (Å²) in [7, 11) is 0. The van der Waals surface area contributed by atoms with Gasteiger partial charge in [-0.2, -0.15) is 0 Å². The Labute approximate surface area is 146 Å². The van der Waals surface area contributed by atoms with Crippen molar-refractivity contribution < 1.29 is 14.4 Å². The van der Waals surface area contributed by atoms with Gasteiger partial charge < -0.3 is 4.90 Å². The number of imide groups is 1. The summed E-state index contributed by atoms with van der Waals surface area (Å²) in [4.78, 5) is 41.4. The SMILES string of the molecule is C=CCN1C(=O)[C@@H]2[C@H](C1=O)[C@@H]1C=Cc3cc(C)ccc3N1[C@H]2C(C)=O. The number of Topliss-reactive ketones (excluding diaryl/α,β-unsaturated/α-hetero) is 1. The zero-order valence-corrected chi connectivity index (χ0v) is 14.3. The molecule has 128 valence electrons. The fraction of sp³-hybridized carbons (Fsp3) is 0.350. The summed E-state index contributed by atoms with van der Waals surface area (Å²) in [5.41, 5.74) is 3.07. The van der Waals surface area contributed by atoms with Crippen LogP contribution in [0.5, 0.6) is 0 Å². The summed E-state index contributed by atoms with van der Waals surface area (Å²) >= 11 is 0. The summed E-state index contributed by atoms with van der Waals surface area (Å²) in [5, 5.41) is 0. The molecule has 0 aromatic heterocycles. The lowest BCUT2D eigenvalue weighted by Gasteiger charge is -2.36. The van der Waals surface area contributed by atoms with Crippen LogP contribution in [0.4, 0.5) is 5.69 Å². The van der Waals surface area contributed by atoms with Crippen molar-refractivity contribution in [2.75, 3.05) is 11.4 Å². The van der Waals surface area contributed by atoms with Crippen molar-refractivity contribution in [1.82, 2.24) is 4.90 Å². The van der Waals surface area contributed by atoms with Crippen LogP contribution in [0.2, 0.25) is 0 Å². The lowest BCUT2D eigenvalue weighted by atomic mass is 9.88. The molecule has 0 N–H and O–H groups in total. The van der Waals surface area contributed by atoms with Gasteiger partial charge in [0.05, 0.1) is 17.9 Å². The molecular weight excluding hydrogens is 316 g/mol. The lowest BCUT2D eigenvalue weighted by molar-refractivity contribution is -0.140. The topological polar surface area (TPSA) is 57.7 Å². The number of nitrogens with zero attached hydrogens (tertiary/aromatic N) is 2. The molecule has 4 rings (SSSR count). The Hall–Kier alpha value is -2.69. The molecule has 4 atom stereocenters. The van der Waals surface area contributed by atoms with E-state index in [2.05, 4.69) is 12.6 Å². The number of fused-ring (bicyclic) bond motifs is 5. The number of hydrogen-bond acceptors (Lipinski definition) is 4. The highest BCUT2D eigenvalue weighted by Crippen LogP contribution is 2.48. The number of hydrogen-bond donors (Lipinski definition) is 0. The van der Waals surface area contributed by atoms with Gasteiger partial charge in [0.15, 0.2) is 5.78 Å². The third kappa shape index (κ3) is 2.05. The number of rotatable bonds is 3. The lowest BCUT2D eigenvalue weighted by Crippen LogP contribution is -2.48. The molecule has 25 heavy (non-hydrogen) atoms. The van der Waals surface area contributed by atoms with Crippen LogP contribution in [0.1, 0.15) is 18.1 Å². The van der Waals surface area contributed by atoms with Crippen LogP contribution in [0.3, 0.4) is 0 Å². The highest BCUT2D eigenvalue weighted by atomic mass is 16.2. The first kappa shape index (κ1) is 15.8. The fourth-order valence-corrected chi connectivity index (χ4v) is 4.52. The maximum Gasteiger partial charge on any atom is 0.236 e. The van der Waals surface area contributed by atoms with E-state index in [0.717, 1.165) is 16.8 Å². The van der Waals surface area contributed by atoms with Gasteiger partial charge in [-0.05, 0) is 31.5 Å². The minimum atomic E-state index is -0.619.